The van der Waals surface area contributed by atoms with E-state index < -0.39 is 6.43 Å². The molecule has 7 heteroatoms. The molecule has 0 unspecified atom stereocenters. The number of carbonyl (C=O) groups excluding carboxylic acids is 1. The van der Waals surface area contributed by atoms with Crippen molar-refractivity contribution >= 4 is 11.7 Å². The summed E-state index contributed by atoms with van der Waals surface area (Å²) in [7, 11) is 0. The third-order valence-corrected chi connectivity index (χ3v) is 5.04. The molecule has 0 saturated carbocycles. The van der Waals surface area contributed by atoms with Crippen molar-refractivity contribution < 1.29 is 13.6 Å². The number of benzene rings is 1. The van der Waals surface area contributed by atoms with E-state index in [2.05, 4.69) is 29.0 Å². The first-order chi connectivity index (χ1) is 13.4. The second-order valence-corrected chi connectivity index (χ2v) is 7.25. The number of alkyl halides is 2. The molecule has 1 fully saturated rings. The minimum Gasteiger partial charge on any atom is -0.366 e. The molecule has 0 spiro atoms. The van der Waals surface area contributed by atoms with Gasteiger partial charge in [0.05, 0.1) is 0 Å². The zero-order valence-corrected chi connectivity index (χ0v) is 16.2. The highest BCUT2D eigenvalue weighted by atomic mass is 19.3. The van der Waals surface area contributed by atoms with Crippen LogP contribution in [0.2, 0.25) is 0 Å². The molecule has 1 N–H and O–H groups in total. The highest BCUT2D eigenvalue weighted by Gasteiger charge is 2.23. The van der Waals surface area contributed by atoms with Crippen LogP contribution in [0.4, 0.5) is 14.6 Å². The van der Waals surface area contributed by atoms with Gasteiger partial charge in [0.1, 0.15) is 5.82 Å². The largest absolute Gasteiger partial charge is 0.366 e. The Balaban J connectivity index is 1.52. The summed E-state index contributed by atoms with van der Waals surface area (Å²) < 4.78 is 25.1. The lowest BCUT2D eigenvalue weighted by Crippen LogP contribution is -2.50. The van der Waals surface area contributed by atoms with Crippen molar-refractivity contribution in [2.45, 2.75) is 32.9 Å². The summed E-state index contributed by atoms with van der Waals surface area (Å²) >= 11 is 0. The molecule has 1 aromatic carbocycles. The molecule has 1 saturated heterocycles. The Hall–Kier alpha value is -2.54. The smallest absolute Gasteiger partial charge is 0.265 e. The van der Waals surface area contributed by atoms with Crippen molar-refractivity contribution in [2.75, 3.05) is 31.5 Å². The van der Waals surface area contributed by atoms with Crippen LogP contribution in [-0.2, 0) is 6.54 Å². The van der Waals surface area contributed by atoms with Gasteiger partial charge in [-0.1, -0.05) is 12.1 Å². The average Bonchev–Trinajstić information content (AvgIpc) is 2.72. The third-order valence-electron chi connectivity index (χ3n) is 5.04. The molecule has 150 valence electrons. The second kappa shape index (κ2) is 9.10. The first-order valence-corrected chi connectivity index (χ1v) is 9.54. The maximum atomic E-state index is 12.7. The SMILES string of the molecule is CC(C)N1CCN(C(=O)c2ccc(CNc3ccc(C(F)F)cn3)cc2)CC1. The quantitative estimate of drug-likeness (QED) is 0.818. The molecule has 1 amide bonds. The molecule has 5 nitrogen and oxygen atoms in total. The summed E-state index contributed by atoms with van der Waals surface area (Å²) in [4.78, 5) is 20.9. The fraction of sp³-hybridized carbons (Fsp3) is 0.429. The molecule has 0 atom stereocenters. The van der Waals surface area contributed by atoms with E-state index in [4.69, 9.17) is 0 Å². The maximum absolute atomic E-state index is 12.7. The first-order valence-electron chi connectivity index (χ1n) is 9.54. The Kier molecular flexibility index (Phi) is 6.57. The molecule has 28 heavy (non-hydrogen) atoms. The molecule has 2 heterocycles. The van der Waals surface area contributed by atoms with Gasteiger partial charge < -0.3 is 10.2 Å². The van der Waals surface area contributed by atoms with E-state index in [1.807, 2.05) is 29.2 Å². The van der Waals surface area contributed by atoms with Crippen LogP contribution in [0, 0.1) is 0 Å². The predicted octanol–water partition coefficient (Wildman–Crippen LogP) is 3.80. The highest BCUT2D eigenvalue weighted by Crippen LogP contribution is 2.19. The maximum Gasteiger partial charge on any atom is 0.265 e. The van der Waals surface area contributed by atoms with Gasteiger partial charge in [-0.05, 0) is 43.7 Å². The van der Waals surface area contributed by atoms with Gasteiger partial charge in [0.15, 0.2) is 0 Å². The molecular formula is C21H26F2N4O. The summed E-state index contributed by atoms with van der Waals surface area (Å²) in [6, 6.07) is 10.9. The lowest BCUT2D eigenvalue weighted by molar-refractivity contribution is 0.0595. The van der Waals surface area contributed by atoms with Gasteiger partial charge >= 0.3 is 0 Å². The van der Waals surface area contributed by atoms with Crippen LogP contribution in [-0.4, -0.2) is 52.9 Å². The number of amides is 1. The monoisotopic (exact) mass is 388 g/mol. The third kappa shape index (κ3) is 5.04. The number of nitrogens with zero attached hydrogens (tertiary/aromatic N) is 3. The Morgan fingerprint density at radius 1 is 1.07 bits per heavy atom. The van der Waals surface area contributed by atoms with E-state index in [0.717, 1.165) is 31.7 Å². The van der Waals surface area contributed by atoms with Crippen molar-refractivity contribution in [3.63, 3.8) is 0 Å². The molecule has 1 aromatic heterocycles. The molecule has 3 rings (SSSR count). The van der Waals surface area contributed by atoms with E-state index in [9.17, 15) is 13.6 Å². The van der Waals surface area contributed by atoms with Gasteiger partial charge in [-0.25, -0.2) is 13.8 Å². The van der Waals surface area contributed by atoms with Crippen LogP contribution in [0.1, 0.15) is 41.8 Å². The lowest BCUT2D eigenvalue weighted by Gasteiger charge is -2.37. The van der Waals surface area contributed by atoms with E-state index in [0.29, 0.717) is 24.0 Å². The van der Waals surface area contributed by atoms with Crippen molar-refractivity contribution in [1.29, 1.82) is 0 Å². The topological polar surface area (TPSA) is 48.5 Å². The summed E-state index contributed by atoms with van der Waals surface area (Å²) in [5.41, 5.74) is 1.57. The van der Waals surface area contributed by atoms with E-state index in [1.54, 1.807) is 0 Å². The number of anilines is 1. The Morgan fingerprint density at radius 3 is 2.29 bits per heavy atom. The van der Waals surface area contributed by atoms with Crippen molar-refractivity contribution in [3.05, 3.63) is 59.3 Å². The van der Waals surface area contributed by atoms with Gasteiger partial charge in [-0.15, -0.1) is 0 Å². The zero-order chi connectivity index (χ0) is 20.1. The van der Waals surface area contributed by atoms with Gasteiger partial charge in [0.2, 0.25) is 0 Å². The lowest BCUT2D eigenvalue weighted by atomic mass is 10.1. The Bertz CT molecular complexity index is 770. The van der Waals surface area contributed by atoms with Crippen LogP contribution >= 0.6 is 0 Å². The Labute approximate surface area is 164 Å². The highest BCUT2D eigenvalue weighted by molar-refractivity contribution is 5.94. The number of hydrogen-bond acceptors (Lipinski definition) is 4. The van der Waals surface area contributed by atoms with E-state index in [1.165, 1.54) is 18.3 Å². The average molecular weight is 388 g/mol. The molecule has 2 aromatic rings. The van der Waals surface area contributed by atoms with Gasteiger partial charge in [-0.3, -0.25) is 9.69 Å². The normalized spacial score (nSPS) is 15.3. The van der Waals surface area contributed by atoms with Crippen molar-refractivity contribution in [3.8, 4) is 0 Å². The van der Waals surface area contributed by atoms with Crippen molar-refractivity contribution in [1.82, 2.24) is 14.8 Å². The molecule has 0 aliphatic carbocycles. The molecule has 0 radical (unpaired) electrons. The number of piperazine rings is 1. The second-order valence-electron chi connectivity index (χ2n) is 7.25. The van der Waals surface area contributed by atoms with Crippen LogP contribution in [0.25, 0.3) is 0 Å². The van der Waals surface area contributed by atoms with E-state index >= 15 is 0 Å². The predicted molar refractivity (Wildman–Crippen MR) is 106 cm³/mol. The number of rotatable bonds is 6. The molecule has 1 aliphatic rings. The molecular weight excluding hydrogens is 362 g/mol. The number of nitrogens with one attached hydrogen (secondary N) is 1. The number of pyridine rings is 1. The summed E-state index contributed by atoms with van der Waals surface area (Å²) in [6.07, 6.45) is -1.34. The minimum absolute atomic E-state index is 0.0622. The van der Waals surface area contributed by atoms with Crippen LogP contribution < -0.4 is 5.32 Å². The van der Waals surface area contributed by atoms with Crippen LogP contribution in [0.5, 0.6) is 0 Å². The van der Waals surface area contributed by atoms with Gasteiger partial charge in [0.25, 0.3) is 12.3 Å². The fourth-order valence-corrected chi connectivity index (χ4v) is 3.22. The molecule has 1 aliphatic heterocycles. The van der Waals surface area contributed by atoms with Gasteiger partial charge in [-0.2, -0.15) is 0 Å². The number of hydrogen-bond donors (Lipinski definition) is 1. The summed E-state index contributed by atoms with van der Waals surface area (Å²) in [5.74, 6) is 0.597. The Morgan fingerprint density at radius 2 is 1.75 bits per heavy atom. The summed E-state index contributed by atoms with van der Waals surface area (Å²) in [5, 5.41) is 3.10. The number of halogens is 2. The van der Waals surface area contributed by atoms with E-state index in [-0.39, 0.29) is 11.5 Å². The van der Waals surface area contributed by atoms with Crippen LogP contribution in [0.3, 0.4) is 0 Å². The number of carbonyl (C=O) groups is 1. The fourth-order valence-electron chi connectivity index (χ4n) is 3.22. The molecule has 0 bridgehead atoms. The van der Waals surface area contributed by atoms with Crippen molar-refractivity contribution in [2.24, 2.45) is 0 Å². The number of aromatic nitrogens is 1. The zero-order valence-electron chi connectivity index (χ0n) is 16.2. The first kappa shape index (κ1) is 20.2. The minimum atomic E-state index is -2.51. The van der Waals surface area contributed by atoms with Crippen LogP contribution in [0.15, 0.2) is 42.6 Å². The summed E-state index contributed by atoms with van der Waals surface area (Å²) in [6.45, 7) is 8.16. The standard InChI is InChI=1S/C21H26F2N4O/c1-15(2)26-9-11-27(12-10-26)21(28)17-5-3-16(4-6-17)13-24-19-8-7-18(14-25-19)20(22)23/h3-8,14-15,20H,9-13H2,1-2H3,(H,24,25). The van der Waals surface area contributed by atoms with Gasteiger partial charge in [0, 0.05) is 56.1 Å².